The molecular weight excluding hydrogens is 508 g/mol. The molecule has 2 atom stereocenters. The van der Waals surface area contributed by atoms with Gasteiger partial charge in [-0.3, -0.25) is 9.69 Å². The molecule has 9 heteroatoms. The Kier molecular flexibility index (Phi) is 7.69. The molecule has 2 aromatic carbocycles. The van der Waals surface area contributed by atoms with E-state index in [1.165, 1.54) is 10.4 Å². The van der Waals surface area contributed by atoms with E-state index < -0.39 is 0 Å². The Morgan fingerprint density at radius 3 is 2.65 bits per heavy atom. The van der Waals surface area contributed by atoms with Crippen LogP contribution in [0.15, 0.2) is 60.0 Å². The summed E-state index contributed by atoms with van der Waals surface area (Å²) in [5, 5.41) is 5.63. The van der Waals surface area contributed by atoms with Gasteiger partial charge in [-0.2, -0.15) is 0 Å². The van der Waals surface area contributed by atoms with Gasteiger partial charge in [0, 0.05) is 47.8 Å². The molecule has 194 valence electrons. The van der Waals surface area contributed by atoms with Crippen molar-refractivity contribution in [3.05, 3.63) is 81.0 Å². The quantitative estimate of drug-likeness (QED) is 0.489. The van der Waals surface area contributed by atoms with Crippen LogP contribution < -0.4 is 10.1 Å². The first kappa shape index (κ1) is 25.6. The number of benzene rings is 2. The van der Waals surface area contributed by atoms with Gasteiger partial charge in [0.05, 0.1) is 19.7 Å². The highest BCUT2D eigenvalue weighted by molar-refractivity contribution is 7.10. The van der Waals surface area contributed by atoms with Crippen molar-refractivity contribution in [2.45, 2.75) is 25.4 Å². The van der Waals surface area contributed by atoms with Gasteiger partial charge in [-0.15, -0.1) is 11.3 Å². The number of thiophene rings is 1. The number of rotatable bonds is 5. The SMILES string of the molecule is COc1ccc([C@@H]2c3ccsc3CCN2CC(=O)N2CCN(C(=O)Nc3cccc(Cl)c3)[C@H](C)C2)cc1. The monoisotopic (exact) mass is 538 g/mol. The van der Waals surface area contributed by atoms with Crippen LogP contribution in [-0.2, 0) is 11.2 Å². The number of nitrogens with zero attached hydrogens (tertiary/aromatic N) is 3. The summed E-state index contributed by atoms with van der Waals surface area (Å²) in [6.07, 6.45) is 0.945. The van der Waals surface area contributed by atoms with Gasteiger partial charge in [-0.05, 0) is 66.2 Å². The largest absolute Gasteiger partial charge is 0.497 e. The van der Waals surface area contributed by atoms with Gasteiger partial charge in [0.1, 0.15) is 5.75 Å². The van der Waals surface area contributed by atoms with Gasteiger partial charge >= 0.3 is 6.03 Å². The van der Waals surface area contributed by atoms with Crippen molar-refractivity contribution in [2.24, 2.45) is 0 Å². The maximum absolute atomic E-state index is 13.5. The van der Waals surface area contributed by atoms with Gasteiger partial charge in [0.15, 0.2) is 0 Å². The summed E-state index contributed by atoms with van der Waals surface area (Å²) in [5.74, 6) is 0.915. The van der Waals surface area contributed by atoms with Crippen LogP contribution in [0.2, 0.25) is 5.02 Å². The predicted octanol–water partition coefficient (Wildman–Crippen LogP) is 5.12. The highest BCUT2D eigenvalue weighted by atomic mass is 35.5. The number of hydrogen-bond acceptors (Lipinski definition) is 5. The molecule has 3 heterocycles. The van der Waals surface area contributed by atoms with Crippen molar-refractivity contribution in [1.29, 1.82) is 0 Å². The van der Waals surface area contributed by atoms with Crippen molar-refractivity contribution < 1.29 is 14.3 Å². The summed E-state index contributed by atoms with van der Waals surface area (Å²) in [5.41, 5.74) is 3.10. The Balaban J connectivity index is 1.24. The lowest BCUT2D eigenvalue weighted by atomic mass is 9.93. The molecule has 2 aliphatic heterocycles. The first-order valence-electron chi connectivity index (χ1n) is 12.5. The van der Waals surface area contributed by atoms with Gasteiger partial charge in [-0.1, -0.05) is 29.8 Å². The highest BCUT2D eigenvalue weighted by Crippen LogP contribution is 2.38. The average molecular weight is 539 g/mol. The van der Waals surface area contributed by atoms with E-state index in [0.29, 0.717) is 36.9 Å². The third-order valence-electron chi connectivity index (χ3n) is 7.15. The van der Waals surface area contributed by atoms with Gasteiger partial charge in [-0.25, -0.2) is 4.79 Å². The molecule has 3 amide bonds. The van der Waals surface area contributed by atoms with E-state index in [1.54, 1.807) is 41.5 Å². The zero-order valence-corrected chi connectivity index (χ0v) is 22.6. The Morgan fingerprint density at radius 1 is 1.11 bits per heavy atom. The molecule has 37 heavy (non-hydrogen) atoms. The number of anilines is 1. The number of methoxy groups -OCH3 is 1. The number of urea groups is 1. The Hall–Kier alpha value is -3.07. The lowest BCUT2D eigenvalue weighted by Crippen LogP contribution is -2.58. The van der Waals surface area contributed by atoms with Crippen molar-refractivity contribution >= 4 is 40.6 Å². The molecule has 1 saturated heterocycles. The molecule has 7 nitrogen and oxygen atoms in total. The number of ether oxygens (including phenoxy) is 1. The number of hydrogen-bond donors (Lipinski definition) is 1. The number of nitrogens with one attached hydrogen (secondary N) is 1. The molecule has 0 spiro atoms. The van der Waals surface area contributed by atoms with Crippen LogP contribution in [0.25, 0.3) is 0 Å². The second-order valence-corrected chi connectivity index (χ2v) is 11.0. The fourth-order valence-electron chi connectivity index (χ4n) is 5.24. The van der Waals surface area contributed by atoms with Gasteiger partial charge in [0.2, 0.25) is 5.91 Å². The molecule has 5 rings (SSSR count). The van der Waals surface area contributed by atoms with Crippen LogP contribution >= 0.6 is 22.9 Å². The molecule has 2 aliphatic rings. The minimum absolute atomic E-state index is 0.0343. The molecule has 1 fully saturated rings. The summed E-state index contributed by atoms with van der Waals surface area (Å²) in [6.45, 7) is 4.65. The van der Waals surface area contributed by atoms with Crippen molar-refractivity contribution in [1.82, 2.24) is 14.7 Å². The summed E-state index contributed by atoms with van der Waals surface area (Å²) < 4.78 is 5.34. The second-order valence-electron chi connectivity index (χ2n) is 9.52. The van der Waals surface area contributed by atoms with Crippen LogP contribution in [-0.4, -0.2) is 72.5 Å². The summed E-state index contributed by atoms with van der Waals surface area (Å²) in [4.78, 5) is 33.7. The molecule has 0 radical (unpaired) electrons. The Morgan fingerprint density at radius 2 is 1.92 bits per heavy atom. The third kappa shape index (κ3) is 5.61. The molecular formula is C28H31ClN4O3S. The van der Waals surface area contributed by atoms with E-state index in [-0.39, 0.29) is 24.0 Å². The standard InChI is InChI=1S/C28H31ClN4O3S/c1-19-17-31(13-14-33(19)28(35)30-22-5-3-4-21(29)16-22)26(34)18-32-12-10-25-24(11-15-37-25)27(32)20-6-8-23(36-2)9-7-20/h3-9,11,15-16,19,27H,10,12-14,17-18H2,1-2H3,(H,30,35)/t19-,27-/m1/s1. The number of fused-ring (bicyclic) bond motifs is 1. The van der Waals surface area contributed by atoms with Crippen LogP contribution in [0.5, 0.6) is 5.75 Å². The zero-order chi connectivity index (χ0) is 25.9. The number of halogens is 1. The normalized spacial score (nSPS) is 19.9. The molecule has 0 unspecified atom stereocenters. The van der Waals surface area contributed by atoms with E-state index in [1.807, 2.05) is 30.0 Å². The molecule has 0 aliphatic carbocycles. The highest BCUT2D eigenvalue weighted by Gasteiger charge is 2.34. The van der Waals surface area contributed by atoms with E-state index in [2.05, 4.69) is 33.8 Å². The number of carbonyl (C=O) groups is 2. The van der Waals surface area contributed by atoms with E-state index in [9.17, 15) is 9.59 Å². The lowest BCUT2D eigenvalue weighted by Gasteiger charge is -2.41. The van der Waals surface area contributed by atoms with E-state index in [4.69, 9.17) is 16.3 Å². The second kappa shape index (κ2) is 11.1. The van der Waals surface area contributed by atoms with Crippen molar-refractivity contribution in [3.63, 3.8) is 0 Å². The van der Waals surface area contributed by atoms with E-state index >= 15 is 0 Å². The minimum Gasteiger partial charge on any atom is -0.497 e. The maximum Gasteiger partial charge on any atom is 0.322 e. The van der Waals surface area contributed by atoms with Crippen molar-refractivity contribution in [3.8, 4) is 5.75 Å². The fourth-order valence-corrected chi connectivity index (χ4v) is 6.33. The Labute approximate surface area is 226 Å². The summed E-state index contributed by atoms with van der Waals surface area (Å²) >= 11 is 7.83. The van der Waals surface area contributed by atoms with Crippen LogP contribution in [0.4, 0.5) is 10.5 Å². The zero-order valence-electron chi connectivity index (χ0n) is 21.0. The van der Waals surface area contributed by atoms with E-state index in [0.717, 1.165) is 24.3 Å². The number of piperazine rings is 1. The molecule has 1 aromatic heterocycles. The first-order chi connectivity index (χ1) is 17.9. The predicted molar refractivity (Wildman–Crippen MR) is 148 cm³/mol. The summed E-state index contributed by atoms with van der Waals surface area (Å²) in [7, 11) is 1.67. The van der Waals surface area contributed by atoms with Crippen molar-refractivity contribution in [2.75, 3.05) is 45.2 Å². The Bertz CT molecular complexity index is 1260. The van der Waals surface area contributed by atoms with Crippen LogP contribution in [0, 0.1) is 0 Å². The third-order valence-corrected chi connectivity index (χ3v) is 8.38. The smallest absolute Gasteiger partial charge is 0.322 e. The van der Waals surface area contributed by atoms with Gasteiger partial charge in [0.25, 0.3) is 0 Å². The maximum atomic E-state index is 13.5. The number of amides is 3. The molecule has 0 bridgehead atoms. The first-order valence-corrected chi connectivity index (χ1v) is 13.7. The van der Waals surface area contributed by atoms with Gasteiger partial charge < -0.3 is 19.9 Å². The number of carbonyl (C=O) groups excluding carboxylic acids is 2. The molecule has 3 aromatic rings. The molecule has 0 saturated carbocycles. The topological polar surface area (TPSA) is 65.1 Å². The van der Waals surface area contributed by atoms with Crippen LogP contribution in [0.3, 0.4) is 0 Å². The molecule has 1 N–H and O–H groups in total. The minimum atomic E-state index is -0.178. The van der Waals surface area contributed by atoms with Crippen LogP contribution in [0.1, 0.15) is 29.0 Å². The lowest BCUT2D eigenvalue weighted by molar-refractivity contribution is -0.135. The average Bonchev–Trinajstić information content (AvgIpc) is 3.37. The summed E-state index contributed by atoms with van der Waals surface area (Å²) in [6, 6.07) is 17.2. The fraction of sp³-hybridized carbons (Fsp3) is 0.357.